The van der Waals surface area contributed by atoms with Crippen molar-refractivity contribution in [3.63, 3.8) is 0 Å². The fourth-order valence-electron chi connectivity index (χ4n) is 6.49. The Kier molecular flexibility index (Phi) is 2.34. The summed E-state index contributed by atoms with van der Waals surface area (Å²) in [6, 6.07) is 0.568. The number of hydrogen-bond acceptors (Lipinski definition) is 3. The van der Waals surface area contributed by atoms with Crippen LogP contribution in [0.1, 0.15) is 76.0 Å². The third-order valence-electron chi connectivity index (χ3n) is 6.65. The molecular formula is C17H25N3O. The van der Waals surface area contributed by atoms with Gasteiger partial charge in [0.05, 0.1) is 0 Å². The Hall–Kier alpha value is -0.900. The molecule has 21 heavy (non-hydrogen) atoms. The Bertz CT molecular complexity index is 575. The number of aliphatic hydroxyl groups is 1. The van der Waals surface area contributed by atoms with Crippen LogP contribution in [0.3, 0.4) is 0 Å². The van der Waals surface area contributed by atoms with Crippen LogP contribution in [-0.4, -0.2) is 19.9 Å². The molecule has 1 heterocycles. The maximum Gasteiger partial charge on any atom is 0.159 e. The fraction of sp³-hybridized carbons (Fsp3) is 0.882. The van der Waals surface area contributed by atoms with Crippen LogP contribution in [0.15, 0.2) is 0 Å². The quantitative estimate of drug-likeness (QED) is 0.930. The molecule has 0 radical (unpaired) electrons. The zero-order valence-electron chi connectivity index (χ0n) is 12.9. The van der Waals surface area contributed by atoms with E-state index in [2.05, 4.69) is 21.7 Å². The molecule has 1 N–H and O–H groups in total. The molecule has 0 aliphatic heterocycles. The van der Waals surface area contributed by atoms with Crippen LogP contribution in [0.2, 0.25) is 0 Å². The van der Waals surface area contributed by atoms with E-state index in [1.165, 1.54) is 57.2 Å². The molecule has 5 aliphatic rings. The van der Waals surface area contributed by atoms with E-state index in [1.54, 1.807) is 0 Å². The Morgan fingerprint density at radius 1 is 1.14 bits per heavy atom. The molecular weight excluding hydrogens is 262 g/mol. The normalized spacial score (nSPS) is 44.5. The molecule has 1 aromatic heterocycles. The van der Waals surface area contributed by atoms with Crippen LogP contribution in [-0.2, 0) is 12.0 Å². The average molecular weight is 287 g/mol. The van der Waals surface area contributed by atoms with Gasteiger partial charge in [-0.3, -0.25) is 0 Å². The Balaban J connectivity index is 1.62. The zero-order valence-corrected chi connectivity index (χ0v) is 12.9. The average Bonchev–Trinajstić information content (AvgIpc) is 3.14. The van der Waals surface area contributed by atoms with Crippen molar-refractivity contribution < 1.29 is 5.11 Å². The summed E-state index contributed by atoms with van der Waals surface area (Å²) in [6.07, 6.45) is 10.7. The molecule has 0 saturated heterocycles. The van der Waals surface area contributed by atoms with Gasteiger partial charge in [-0.05, 0) is 68.6 Å². The largest absolute Gasteiger partial charge is 0.388 e. The van der Waals surface area contributed by atoms with E-state index in [0.29, 0.717) is 11.5 Å². The standard InChI is InChI=1S/C17H25N3O/c1-16-5-11-4-12(6-16)8-17(7-11,10-16)15-19-18-14(9-21)20(15)13-2-3-13/h11-13,21H,2-10H2,1H3. The number of nitrogens with zero attached hydrogens (tertiary/aromatic N) is 3. The van der Waals surface area contributed by atoms with Crippen molar-refractivity contribution in [1.29, 1.82) is 0 Å². The van der Waals surface area contributed by atoms with Crippen molar-refractivity contribution in [2.24, 2.45) is 17.3 Å². The van der Waals surface area contributed by atoms with Crippen molar-refractivity contribution >= 4 is 0 Å². The van der Waals surface area contributed by atoms with Gasteiger partial charge in [-0.1, -0.05) is 6.92 Å². The second kappa shape index (κ2) is 3.89. The molecule has 2 unspecified atom stereocenters. The van der Waals surface area contributed by atoms with Gasteiger partial charge in [0.15, 0.2) is 5.82 Å². The minimum atomic E-state index is 0.0315. The minimum absolute atomic E-state index is 0.0315. The molecule has 5 aliphatic carbocycles. The second-order valence-electron chi connectivity index (χ2n) is 8.75. The smallest absolute Gasteiger partial charge is 0.159 e. The van der Waals surface area contributed by atoms with Gasteiger partial charge < -0.3 is 9.67 Å². The van der Waals surface area contributed by atoms with Crippen LogP contribution in [0.4, 0.5) is 0 Å². The summed E-state index contributed by atoms with van der Waals surface area (Å²) in [4.78, 5) is 0. The summed E-state index contributed by atoms with van der Waals surface area (Å²) in [7, 11) is 0. The number of rotatable bonds is 3. The lowest BCUT2D eigenvalue weighted by molar-refractivity contribution is -0.0662. The predicted molar refractivity (Wildman–Crippen MR) is 78.7 cm³/mol. The molecule has 4 bridgehead atoms. The molecule has 6 rings (SSSR count). The fourth-order valence-corrected chi connectivity index (χ4v) is 6.49. The highest BCUT2D eigenvalue weighted by Gasteiger charge is 2.58. The molecule has 4 nitrogen and oxygen atoms in total. The number of aliphatic hydroxyl groups excluding tert-OH is 1. The van der Waals surface area contributed by atoms with Crippen LogP contribution in [0, 0.1) is 17.3 Å². The summed E-state index contributed by atoms with van der Waals surface area (Å²) in [5, 5.41) is 18.6. The van der Waals surface area contributed by atoms with Crippen molar-refractivity contribution in [2.45, 2.75) is 76.4 Å². The van der Waals surface area contributed by atoms with Crippen molar-refractivity contribution in [3.05, 3.63) is 11.6 Å². The molecule has 0 spiro atoms. The highest BCUT2D eigenvalue weighted by molar-refractivity contribution is 5.22. The van der Waals surface area contributed by atoms with Crippen LogP contribution < -0.4 is 0 Å². The molecule has 0 aromatic carbocycles. The molecule has 2 atom stereocenters. The SMILES string of the molecule is CC12CC3CC(C1)CC(c1nnc(CO)n1C1CC1)(C3)C2. The summed E-state index contributed by atoms with van der Waals surface area (Å²) in [6.45, 7) is 2.54. The molecule has 5 fully saturated rings. The van der Waals surface area contributed by atoms with Gasteiger partial charge in [-0.25, -0.2) is 0 Å². The van der Waals surface area contributed by atoms with Crippen LogP contribution in [0.25, 0.3) is 0 Å². The maximum atomic E-state index is 9.62. The van der Waals surface area contributed by atoms with Gasteiger partial charge in [0.2, 0.25) is 0 Å². The van der Waals surface area contributed by atoms with Crippen LogP contribution >= 0.6 is 0 Å². The van der Waals surface area contributed by atoms with Gasteiger partial charge in [0, 0.05) is 11.5 Å². The molecule has 5 saturated carbocycles. The molecule has 1 aromatic rings. The first-order valence-electron chi connectivity index (χ1n) is 8.66. The lowest BCUT2D eigenvalue weighted by Gasteiger charge is -2.60. The second-order valence-corrected chi connectivity index (χ2v) is 8.75. The van der Waals surface area contributed by atoms with Crippen molar-refractivity contribution in [2.75, 3.05) is 0 Å². The first kappa shape index (κ1) is 12.6. The maximum absolute atomic E-state index is 9.62. The lowest BCUT2D eigenvalue weighted by atomic mass is 9.44. The Labute approximate surface area is 126 Å². The van der Waals surface area contributed by atoms with Crippen molar-refractivity contribution in [3.8, 4) is 0 Å². The number of aromatic nitrogens is 3. The number of hydrogen-bond donors (Lipinski definition) is 1. The van der Waals surface area contributed by atoms with E-state index in [1.807, 2.05) is 0 Å². The van der Waals surface area contributed by atoms with Gasteiger partial charge in [0.1, 0.15) is 12.4 Å². The third kappa shape index (κ3) is 1.71. The lowest BCUT2D eigenvalue weighted by Crippen LogP contribution is -2.53. The van der Waals surface area contributed by atoms with E-state index in [-0.39, 0.29) is 12.0 Å². The minimum Gasteiger partial charge on any atom is -0.388 e. The molecule has 0 amide bonds. The van der Waals surface area contributed by atoms with Gasteiger partial charge in [-0.15, -0.1) is 10.2 Å². The third-order valence-corrected chi connectivity index (χ3v) is 6.65. The first-order valence-corrected chi connectivity index (χ1v) is 8.66. The monoisotopic (exact) mass is 287 g/mol. The first-order chi connectivity index (χ1) is 10.1. The van der Waals surface area contributed by atoms with E-state index in [4.69, 9.17) is 0 Å². The summed E-state index contributed by atoms with van der Waals surface area (Å²) >= 11 is 0. The van der Waals surface area contributed by atoms with Crippen LogP contribution in [0.5, 0.6) is 0 Å². The van der Waals surface area contributed by atoms with E-state index in [0.717, 1.165) is 17.7 Å². The van der Waals surface area contributed by atoms with Gasteiger partial charge >= 0.3 is 0 Å². The molecule has 114 valence electrons. The van der Waals surface area contributed by atoms with E-state index in [9.17, 15) is 5.11 Å². The molecule has 4 heteroatoms. The summed E-state index contributed by atoms with van der Waals surface area (Å²) in [5.41, 5.74) is 0.797. The Morgan fingerprint density at radius 2 is 1.86 bits per heavy atom. The highest BCUT2D eigenvalue weighted by Crippen LogP contribution is 2.65. The van der Waals surface area contributed by atoms with E-state index < -0.39 is 0 Å². The van der Waals surface area contributed by atoms with Gasteiger partial charge in [0.25, 0.3) is 0 Å². The highest BCUT2D eigenvalue weighted by atomic mass is 16.3. The topological polar surface area (TPSA) is 50.9 Å². The zero-order chi connectivity index (χ0) is 14.2. The van der Waals surface area contributed by atoms with E-state index >= 15 is 0 Å². The summed E-state index contributed by atoms with van der Waals surface area (Å²) in [5.74, 6) is 3.83. The van der Waals surface area contributed by atoms with Crippen molar-refractivity contribution in [1.82, 2.24) is 14.8 Å². The predicted octanol–water partition coefficient (Wildman–Crippen LogP) is 2.96. The van der Waals surface area contributed by atoms with Gasteiger partial charge in [-0.2, -0.15) is 0 Å². The Morgan fingerprint density at radius 3 is 2.43 bits per heavy atom. The summed E-state index contributed by atoms with van der Waals surface area (Å²) < 4.78 is 2.33.